The zero-order valence-electron chi connectivity index (χ0n) is 16.2. The monoisotopic (exact) mass is 373 g/mol. The molecule has 0 N–H and O–H groups in total. The zero-order chi connectivity index (χ0) is 19.0. The number of benzene rings is 2. The fourth-order valence-electron chi connectivity index (χ4n) is 3.56. The second-order valence-electron chi connectivity index (χ2n) is 7.30. The molecule has 28 heavy (non-hydrogen) atoms. The molecule has 144 valence electrons. The Morgan fingerprint density at radius 3 is 2.18 bits per heavy atom. The van der Waals surface area contributed by atoms with Crippen molar-refractivity contribution in [2.24, 2.45) is 0 Å². The van der Waals surface area contributed by atoms with Gasteiger partial charge in [-0.05, 0) is 35.4 Å². The molecule has 0 unspecified atom stereocenters. The number of rotatable bonds is 7. The van der Waals surface area contributed by atoms with Gasteiger partial charge in [-0.15, -0.1) is 0 Å². The summed E-state index contributed by atoms with van der Waals surface area (Å²) in [5, 5.41) is 0. The van der Waals surface area contributed by atoms with Crippen LogP contribution in [0.15, 0.2) is 79.0 Å². The molecule has 4 nitrogen and oxygen atoms in total. The Hall–Kier alpha value is -2.69. The molecule has 1 aliphatic rings. The quantitative estimate of drug-likeness (QED) is 0.626. The second kappa shape index (κ2) is 9.49. The van der Waals surface area contributed by atoms with E-state index in [2.05, 4.69) is 57.2 Å². The SMILES string of the molecule is c1ccc(COc2cccc(CN3CCN(Cc4ccccn4)CC3)c2)cc1. The van der Waals surface area contributed by atoms with Gasteiger partial charge in [-0.2, -0.15) is 0 Å². The lowest BCUT2D eigenvalue weighted by molar-refractivity contribution is 0.121. The summed E-state index contributed by atoms with van der Waals surface area (Å²) in [5.74, 6) is 0.940. The van der Waals surface area contributed by atoms with Crippen LogP contribution in [0.2, 0.25) is 0 Å². The van der Waals surface area contributed by atoms with Crippen molar-refractivity contribution in [1.82, 2.24) is 14.8 Å². The van der Waals surface area contributed by atoms with Crippen LogP contribution in [0.1, 0.15) is 16.8 Å². The Kier molecular flexibility index (Phi) is 6.32. The molecule has 0 spiro atoms. The molecule has 0 aliphatic carbocycles. The van der Waals surface area contributed by atoms with Gasteiger partial charge in [-0.3, -0.25) is 14.8 Å². The Morgan fingerprint density at radius 1 is 0.714 bits per heavy atom. The average molecular weight is 374 g/mol. The van der Waals surface area contributed by atoms with E-state index in [-0.39, 0.29) is 0 Å². The highest BCUT2D eigenvalue weighted by Crippen LogP contribution is 2.17. The van der Waals surface area contributed by atoms with Crippen LogP contribution >= 0.6 is 0 Å². The average Bonchev–Trinajstić information content (AvgIpc) is 2.76. The molecular weight excluding hydrogens is 346 g/mol. The lowest BCUT2D eigenvalue weighted by Crippen LogP contribution is -2.45. The van der Waals surface area contributed by atoms with Gasteiger partial charge in [0.2, 0.25) is 0 Å². The van der Waals surface area contributed by atoms with Crippen molar-refractivity contribution in [3.63, 3.8) is 0 Å². The smallest absolute Gasteiger partial charge is 0.120 e. The third kappa shape index (κ3) is 5.41. The van der Waals surface area contributed by atoms with Crippen molar-refractivity contribution in [1.29, 1.82) is 0 Å². The minimum Gasteiger partial charge on any atom is -0.489 e. The molecule has 0 atom stereocenters. The van der Waals surface area contributed by atoms with E-state index < -0.39 is 0 Å². The van der Waals surface area contributed by atoms with Crippen LogP contribution in [0.4, 0.5) is 0 Å². The first-order valence-corrected chi connectivity index (χ1v) is 9.95. The molecule has 0 radical (unpaired) electrons. The number of piperazine rings is 1. The highest BCUT2D eigenvalue weighted by molar-refractivity contribution is 5.29. The van der Waals surface area contributed by atoms with Gasteiger partial charge in [0.05, 0.1) is 5.69 Å². The maximum Gasteiger partial charge on any atom is 0.120 e. The van der Waals surface area contributed by atoms with Gasteiger partial charge in [0.25, 0.3) is 0 Å². The van der Waals surface area contributed by atoms with Crippen LogP contribution < -0.4 is 4.74 Å². The third-order valence-electron chi connectivity index (χ3n) is 5.13. The van der Waals surface area contributed by atoms with E-state index in [1.807, 2.05) is 36.5 Å². The van der Waals surface area contributed by atoms with Crippen molar-refractivity contribution >= 4 is 0 Å². The Morgan fingerprint density at radius 2 is 1.43 bits per heavy atom. The zero-order valence-corrected chi connectivity index (χ0v) is 16.2. The molecule has 0 amide bonds. The summed E-state index contributed by atoms with van der Waals surface area (Å²) in [6.07, 6.45) is 1.87. The predicted octanol–water partition coefficient (Wildman–Crippen LogP) is 3.98. The molecule has 1 saturated heterocycles. The summed E-state index contributed by atoms with van der Waals surface area (Å²) in [6, 6.07) is 24.9. The molecule has 1 fully saturated rings. The number of hydrogen-bond acceptors (Lipinski definition) is 4. The van der Waals surface area contributed by atoms with Crippen LogP contribution in [0, 0.1) is 0 Å². The Bertz CT molecular complexity index is 846. The van der Waals surface area contributed by atoms with E-state index in [0.717, 1.165) is 50.7 Å². The fourth-order valence-corrected chi connectivity index (χ4v) is 3.56. The van der Waals surface area contributed by atoms with E-state index >= 15 is 0 Å². The second-order valence-corrected chi connectivity index (χ2v) is 7.30. The maximum atomic E-state index is 5.97. The first-order valence-electron chi connectivity index (χ1n) is 9.95. The summed E-state index contributed by atoms with van der Waals surface area (Å²) in [7, 11) is 0. The fraction of sp³-hybridized carbons (Fsp3) is 0.292. The van der Waals surface area contributed by atoms with E-state index in [1.165, 1.54) is 11.1 Å². The molecule has 1 aromatic heterocycles. The van der Waals surface area contributed by atoms with E-state index in [0.29, 0.717) is 6.61 Å². The van der Waals surface area contributed by atoms with Crippen LogP contribution in [-0.4, -0.2) is 41.0 Å². The molecule has 2 aromatic carbocycles. The lowest BCUT2D eigenvalue weighted by Gasteiger charge is -2.34. The standard InChI is InChI=1S/C24H27N3O/c1-2-7-21(8-3-1)20-28-24-11-6-9-22(17-24)18-26-13-15-27(16-14-26)19-23-10-4-5-12-25-23/h1-12,17H,13-16,18-20H2. The maximum absolute atomic E-state index is 5.97. The highest BCUT2D eigenvalue weighted by atomic mass is 16.5. The van der Waals surface area contributed by atoms with E-state index in [4.69, 9.17) is 4.74 Å². The van der Waals surface area contributed by atoms with Crippen LogP contribution in [0.5, 0.6) is 5.75 Å². The number of aromatic nitrogens is 1. The van der Waals surface area contributed by atoms with Crippen LogP contribution in [0.25, 0.3) is 0 Å². The molecule has 3 aromatic rings. The van der Waals surface area contributed by atoms with Crippen molar-refractivity contribution in [3.05, 3.63) is 95.8 Å². The molecule has 0 bridgehead atoms. The largest absolute Gasteiger partial charge is 0.489 e. The van der Waals surface area contributed by atoms with Gasteiger partial charge in [-0.25, -0.2) is 0 Å². The topological polar surface area (TPSA) is 28.6 Å². The van der Waals surface area contributed by atoms with Gasteiger partial charge in [0, 0.05) is 45.5 Å². The minimum absolute atomic E-state index is 0.608. The Balaban J connectivity index is 1.26. The summed E-state index contributed by atoms with van der Waals surface area (Å²) < 4.78 is 5.97. The highest BCUT2D eigenvalue weighted by Gasteiger charge is 2.17. The van der Waals surface area contributed by atoms with Gasteiger partial charge >= 0.3 is 0 Å². The first kappa shape index (κ1) is 18.7. The first-order chi connectivity index (χ1) is 13.8. The number of ether oxygens (including phenoxy) is 1. The number of nitrogens with zero attached hydrogens (tertiary/aromatic N) is 3. The summed E-state index contributed by atoms with van der Waals surface area (Å²) in [4.78, 5) is 9.44. The predicted molar refractivity (Wildman–Crippen MR) is 112 cm³/mol. The molecule has 4 rings (SSSR count). The van der Waals surface area contributed by atoms with Gasteiger partial charge in [0.1, 0.15) is 12.4 Å². The summed E-state index contributed by atoms with van der Waals surface area (Å²) in [5.41, 5.74) is 3.65. The molecule has 4 heteroatoms. The van der Waals surface area contributed by atoms with Gasteiger partial charge in [0.15, 0.2) is 0 Å². The van der Waals surface area contributed by atoms with Crippen LogP contribution in [0.3, 0.4) is 0 Å². The van der Waals surface area contributed by atoms with Gasteiger partial charge < -0.3 is 4.74 Å². The van der Waals surface area contributed by atoms with Crippen molar-refractivity contribution in [2.75, 3.05) is 26.2 Å². The van der Waals surface area contributed by atoms with Gasteiger partial charge in [-0.1, -0.05) is 48.5 Å². The molecule has 0 saturated carbocycles. The summed E-state index contributed by atoms with van der Waals surface area (Å²) >= 11 is 0. The minimum atomic E-state index is 0.608. The Labute approximate surface area is 167 Å². The van der Waals surface area contributed by atoms with Crippen molar-refractivity contribution < 1.29 is 4.74 Å². The van der Waals surface area contributed by atoms with Crippen molar-refractivity contribution in [3.8, 4) is 5.75 Å². The lowest BCUT2D eigenvalue weighted by atomic mass is 10.2. The molecule has 1 aliphatic heterocycles. The summed E-state index contributed by atoms with van der Waals surface area (Å²) in [6.45, 7) is 6.86. The third-order valence-corrected chi connectivity index (χ3v) is 5.13. The van der Waals surface area contributed by atoms with Crippen LogP contribution in [-0.2, 0) is 19.7 Å². The number of hydrogen-bond donors (Lipinski definition) is 0. The van der Waals surface area contributed by atoms with E-state index in [9.17, 15) is 0 Å². The number of pyridine rings is 1. The van der Waals surface area contributed by atoms with E-state index in [1.54, 1.807) is 0 Å². The normalized spacial score (nSPS) is 15.4. The molecule has 2 heterocycles. The van der Waals surface area contributed by atoms with Crippen molar-refractivity contribution in [2.45, 2.75) is 19.7 Å². The molecular formula is C24H27N3O.